The molecule has 1 aliphatic carbocycles. The van der Waals surface area contributed by atoms with E-state index in [1.807, 2.05) is 6.92 Å². The Balaban J connectivity index is 1.98. The molecule has 5 heteroatoms. The molecule has 0 bridgehead atoms. The van der Waals surface area contributed by atoms with Gasteiger partial charge in [-0.1, -0.05) is 12.8 Å². The summed E-state index contributed by atoms with van der Waals surface area (Å²) in [6.45, 7) is 1.84. The SMILES string of the molecule is Cc1cnc(C(=O)NC2CCCCC2N)cn1. The lowest BCUT2D eigenvalue weighted by Gasteiger charge is -2.29. The fraction of sp³-hybridized carbons (Fsp3) is 0.583. The maximum atomic E-state index is 11.9. The van der Waals surface area contributed by atoms with Crippen LogP contribution in [-0.2, 0) is 0 Å². The number of amides is 1. The third kappa shape index (κ3) is 3.00. The van der Waals surface area contributed by atoms with E-state index in [0.29, 0.717) is 5.69 Å². The van der Waals surface area contributed by atoms with Gasteiger partial charge in [0.15, 0.2) is 0 Å². The van der Waals surface area contributed by atoms with Gasteiger partial charge < -0.3 is 11.1 Å². The number of hydrogen-bond acceptors (Lipinski definition) is 4. The van der Waals surface area contributed by atoms with Crippen molar-refractivity contribution in [3.63, 3.8) is 0 Å². The number of carbonyl (C=O) groups is 1. The zero-order chi connectivity index (χ0) is 12.3. The van der Waals surface area contributed by atoms with Crippen molar-refractivity contribution in [1.82, 2.24) is 15.3 Å². The second-order valence-electron chi connectivity index (χ2n) is 4.57. The van der Waals surface area contributed by atoms with Gasteiger partial charge in [-0.15, -0.1) is 0 Å². The normalized spacial score (nSPS) is 24.4. The van der Waals surface area contributed by atoms with Crippen molar-refractivity contribution in [2.24, 2.45) is 5.73 Å². The number of nitrogens with zero attached hydrogens (tertiary/aromatic N) is 2. The molecule has 1 saturated carbocycles. The van der Waals surface area contributed by atoms with E-state index in [2.05, 4.69) is 15.3 Å². The minimum atomic E-state index is -0.181. The fourth-order valence-corrected chi connectivity index (χ4v) is 2.09. The van der Waals surface area contributed by atoms with E-state index in [1.54, 1.807) is 6.20 Å². The van der Waals surface area contributed by atoms with Gasteiger partial charge in [0.2, 0.25) is 0 Å². The second kappa shape index (κ2) is 5.23. The van der Waals surface area contributed by atoms with Gasteiger partial charge in [-0.2, -0.15) is 0 Å². The second-order valence-corrected chi connectivity index (χ2v) is 4.57. The highest BCUT2D eigenvalue weighted by Crippen LogP contribution is 2.17. The van der Waals surface area contributed by atoms with Crippen molar-refractivity contribution in [1.29, 1.82) is 0 Å². The highest BCUT2D eigenvalue weighted by Gasteiger charge is 2.24. The van der Waals surface area contributed by atoms with E-state index in [1.165, 1.54) is 6.20 Å². The van der Waals surface area contributed by atoms with Gasteiger partial charge in [0.05, 0.1) is 11.9 Å². The number of hydrogen-bond donors (Lipinski definition) is 2. The fourth-order valence-electron chi connectivity index (χ4n) is 2.09. The smallest absolute Gasteiger partial charge is 0.271 e. The summed E-state index contributed by atoms with van der Waals surface area (Å²) in [6.07, 6.45) is 7.29. The van der Waals surface area contributed by atoms with Crippen LogP contribution in [0.4, 0.5) is 0 Å². The van der Waals surface area contributed by atoms with Gasteiger partial charge in [0.1, 0.15) is 5.69 Å². The molecule has 2 unspecified atom stereocenters. The molecule has 0 aromatic carbocycles. The highest BCUT2D eigenvalue weighted by molar-refractivity contribution is 5.92. The van der Waals surface area contributed by atoms with E-state index in [4.69, 9.17) is 5.73 Å². The molecule has 3 N–H and O–H groups in total. The summed E-state index contributed by atoms with van der Waals surface area (Å²) in [5.74, 6) is -0.181. The molecular formula is C12H18N4O. The molecule has 1 fully saturated rings. The molecule has 0 radical (unpaired) electrons. The van der Waals surface area contributed by atoms with E-state index in [9.17, 15) is 4.79 Å². The summed E-state index contributed by atoms with van der Waals surface area (Å²) in [5, 5.41) is 2.94. The molecule has 1 heterocycles. The minimum absolute atomic E-state index is 0.0612. The average molecular weight is 234 g/mol. The van der Waals surface area contributed by atoms with Gasteiger partial charge in [-0.25, -0.2) is 4.98 Å². The number of aryl methyl sites for hydroxylation is 1. The molecule has 0 saturated heterocycles. The number of carbonyl (C=O) groups excluding carboxylic acids is 1. The van der Waals surface area contributed by atoms with Crippen LogP contribution in [0.3, 0.4) is 0 Å². The Labute approximate surface area is 101 Å². The van der Waals surface area contributed by atoms with Crippen LogP contribution in [0.15, 0.2) is 12.4 Å². The Kier molecular flexibility index (Phi) is 3.68. The zero-order valence-corrected chi connectivity index (χ0v) is 10.0. The van der Waals surface area contributed by atoms with Crippen molar-refractivity contribution in [3.8, 4) is 0 Å². The van der Waals surface area contributed by atoms with Gasteiger partial charge >= 0.3 is 0 Å². The maximum Gasteiger partial charge on any atom is 0.271 e. The first-order chi connectivity index (χ1) is 8.16. The van der Waals surface area contributed by atoms with Crippen LogP contribution in [0.2, 0.25) is 0 Å². The lowest BCUT2D eigenvalue weighted by Crippen LogP contribution is -2.49. The molecule has 1 aliphatic rings. The summed E-state index contributed by atoms with van der Waals surface area (Å²) in [4.78, 5) is 20.0. The minimum Gasteiger partial charge on any atom is -0.346 e. The topological polar surface area (TPSA) is 80.9 Å². The molecule has 1 amide bonds. The van der Waals surface area contributed by atoms with Crippen LogP contribution in [0, 0.1) is 6.92 Å². The first-order valence-corrected chi connectivity index (χ1v) is 6.02. The molecule has 92 valence electrons. The average Bonchev–Trinajstić information content (AvgIpc) is 2.33. The number of nitrogens with one attached hydrogen (secondary N) is 1. The van der Waals surface area contributed by atoms with E-state index < -0.39 is 0 Å². The third-order valence-corrected chi connectivity index (χ3v) is 3.15. The summed E-state index contributed by atoms with van der Waals surface area (Å²) in [7, 11) is 0. The van der Waals surface area contributed by atoms with Crippen LogP contribution >= 0.6 is 0 Å². The quantitative estimate of drug-likeness (QED) is 0.792. The molecule has 0 spiro atoms. The predicted molar refractivity (Wildman–Crippen MR) is 64.5 cm³/mol. The molecular weight excluding hydrogens is 216 g/mol. The Hall–Kier alpha value is -1.49. The third-order valence-electron chi connectivity index (χ3n) is 3.15. The molecule has 2 atom stereocenters. The number of aromatic nitrogens is 2. The standard InChI is InChI=1S/C12H18N4O/c1-8-6-15-11(7-14-8)12(17)16-10-5-3-2-4-9(10)13/h6-7,9-10H,2-5,13H2,1H3,(H,16,17). The summed E-state index contributed by atoms with van der Waals surface area (Å²) >= 11 is 0. The molecule has 5 nitrogen and oxygen atoms in total. The van der Waals surface area contributed by atoms with Crippen LogP contribution in [0.1, 0.15) is 41.9 Å². The van der Waals surface area contributed by atoms with Gasteiger partial charge in [-0.3, -0.25) is 9.78 Å². The summed E-state index contributed by atoms with van der Waals surface area (Å²) in [6, 6.07) is 0.130. The van der Waals surface area contributed by atoms with Gasteiger partial charge in [0, 0.05) is 18.3 Å². The van der Waals surface area contributed by atoms with Crippen LogP contribution < -0.4 is 11.1 Å². The first-order valence-electron chi connectivity index (χ1n) is 6.02. The first kappa shape index (κ1) is 12.0. The highest BCUT2D eigenvalue weighted by atomic mass is 16.1. The Morgan fingerprint density at radius 2 is 2.12 bits per heavy atom. The van der Waals surface area contributed by atoms with Gasteiger partial charge in [-0.05, 0) is 19.8 Å². The lowest BCUT2D eigenvalue weighted by atomic mass is 9.91. The lowest BCUT2D eigenvalue weighted by molar-refractivity contribution is 0.0915. The Morgan fingerprint density at radius 3 is 2.76 bits per heavy atom. The summed E-state index contributed by atoms with van der Waals surface area (Å²) in [5.41, 5.74) is 7.14. The largest absolute Gasteiger partial charge is 0.346 e. The molecule has 1 aromatic rings. The summed E-state index contributed by atoms with van der Waals surface area (Å²) < 4.78 is 0. The van der Waals surface area contributed by atoms with Crippen LogP contribution in [0.25, 0.3) is 0 Å². The monoisotopic (exact) mass is 234 g/mol. The van der Waals surface area contributed by atoms with Crippen molar-refractivity contribution < 1.29 is 4.79 Å². The maximum absolute atomic E-state index is 11.9. The Morgan fingerprint density at radius 1 is 1.35 bits per heavy atom. The zero-order valence-electron chi connectivity index (χ0n) is 10.0. The van der Waals surface area contributed by atoms with Gasteiger partial charge in [0.25, 0.3) is 5.91 Å². The molecule has 2 rings (SSSR count). The molecule has 17 heavy (non-hydrogen) atoms. The van der Waals surface area contributed by atoms with Crippen molar-refractivity contribution in [3.05, 3.63) is 23.8 Å². The predicted octanol–water partition coefficient (Wildman–Crippen LogP) is 0.785. The Bertz CT molecular complexity index is 390. The molecule has 1 aromatic heterocycles. The number of rotatable bonds is 2. The van der Waals surface area contributed by atoms with E-state index in [0.717, 1.165) is 31.4 Å². The number of nitrogens with two attached hydrogens (primary N) is 1. The van der Waals surface area contributed by atoms with Crippen molar-refractivity contribution in [2.45, 2.75) is 44.7 Å². The van der Waals surface area contributed by atoms with Crippen LogP contribution in [-0.4, -0.2) is 28.0 Å². The molecule has 0 aliphatic heterocycles. The van der Waals surface area contributed by atoms with Crippen LogP contribution in [0.5, 0.6) is 0 Å². The van der Waals surface area contributed by atoms with Crippen molar-refractivity contribution in [2.75, 3.05) is 0 Å². The van der Waals surface area contributed by atoms with E-state index >= 15 is 0 Å². The van der Waals surface area contributed by atoms with E-state index in [-0.39, 0.29) is 18.0 Å². The van der Waals surface area contributed by atoms with Crippen molar-refractivity contribution >= 4 is 5.91 Å².